The first-order valence-electron chi connectivity index (χ1n) is 7.09. The summed E-state index contributed by atoms with van der Waals surface area (Å²) < 4.78 is 1.57. The second kappa shape index (κ2) is 6.56. The third kappa shape index (κ3) is 3.43. The maximum atomic E-state index is 12.0. The Hall–Kier alpha value is -1.43. The van der Waals surface area contributed by atoms with E-state index in [0.29, 0.717) is 11.6 Å². The molecule has 2 atom stereocenters. The summed E-state index contributed by atoms with van der Waals surface area (Å²) in [6.07, 6.45) is 2.88. The number of hydrogen-bond acceptors (Lipinski definition) is 4. The minimum atomic E-state index is -0.0199. The van der Waals surface area contributed by atoms with Gasteiger partial charge in [-0.1, -0.05) is 6.07 Å². The van der Waals surface area contributed by atoms with Gasteiger partial charge < -0.3 is 5.73 Å². The van der Waals surface area contributed by atoms with E-state index in [-0.39, 0.29) is 24.0 Å². The van der Waals surface area contributed by atoms with Crippen LogP contribution in [0.2, 0.25) is 0 Å². The maximum absolute atomic E-state index is 12.0. The molecule has 2 unspecified atom stereocenters. The molecule has 114 valence electrons. The van der Waals surface area contributed by atoms with Crippen LogP contribution in [0.25, 0.3) is 5.65 Å². The predicted molar refractivity (Wildman–Crippen MR) is 85.7 cm³/mol. The van der Waals surface area contributed by atoms with Crippen molar-refractivity contribution < 1.29 is 0 Å². The van der Waals surface area contributed by atoms with Gasteiger partial charge in [0.2, 0.25) is 0 Å². The van der Waals surface area contributed by atoms with E-state index in [9.17, 15) is 4.79 Å². The van der Waals surface area contributed by atoms with Crippen LogP contribution in [-0.2, 0) is 6.54 Å². The molecule has 0 spiro atoms. The van der Waals surface area contributed by atoms with Gasteiger partial charge in [0.05, 0.1) is 5.69 Å². The fraction of sp³-hybridized carbons (Fsp3) is 0.467. The fourth-order valence-corrected chi connectivity index (χ4v) is 2.85. The Morgan fingerprint density at radius 1 is 1.48 bits per heavy atom. The van der Waals surface area contributed by atoms with Gasteiger partial charge in [-0.25, -0.2) is 4.98 Å². The Morgan fingerprint density at radius 3 is 3.00 bits per heavy atom. The molecule has 0 amide bonds. The van der Waals surface area contributed by atoms with Crippen LogP contribution in [-0.4, -0.2) is 33.4 Å². The number of halogens is 1. The molecule has 3 rings (SSSR count). The first-order valence-corrected chi connectivity index (χ1v) is 7.09. The molecular weight excluding hydrogens is 288 g/mol. The first-order chi connectivity index (χ1) is 9.63. The molecule has 5 nitrogen and oxygen atoms in total. The summed E-state index contributed by atoms with van der Waals surface area (Å²) in [6, 6.07) is 7.46. The molecule has 3 heterocycles. The summed E-state index contributed by atoms with van der Waals surface area (Å²) >= 11 is 0. The second-order valence-electron chi connectivity index (χ2n) is 5.66. The van der Waals surface area contributed by atoms with Crippen LogP contribution in [0, 0.1) is 5.92 Å². The second-order valence-corrected chi connectivity index (χ2v) is 5.66. The zero-order valence-electron chi connectivity index (χ0n) is 12.1. The van der Waals surface area contributed by atoms with Crippen LogP contribution >= 0.6 is 12.4 Å². The van der Waals surface area contributed by atoms with E-state index in [1.54, 1.807) is 16.7 Å². The number of rotatable bonds is 3. The lowest BCUT2D eigenvalue weighted by atomic mass is 10.0. The molecule has 2 aromatic heterocycles. The molecule has 2 aromatic rings. The van der Waals surface area contributed by atoms with Crippen molar-refractivity contribution in [2.45, 2.75) is 25.9 Å². The van der Waals surface area contributed by atoms with Gasteiger partial charge in [-0.2, -0.15) is 0 Å². The Balaban J connectivity index is 0.00000161. The van der Waals surface area contributed by atoms with Crippen LogP contribution in [0.3, 0.4) is 0 Å². The first kappa shape index (κ1) is 15.9. The van der Waals surface area contributed by atoms with Crippen molar-refractivity contribution in [3.63, 3.8) is 0 Å². The number of hydrogen-bond donors (Lipinski definition) is 1. The van der Waals surface area contributed by atoms with Gasteiger partial charge >= 0.3 is 0 Å². The summed E-state index contributed by atoms with van der Waals surface area (Å²) in [5.41, 5.74) is 7.48. The van der Waals surface area contributed by atoms with E-state index >= 15 is 0 Å². The molecule has 0 saturated carbocycles. The van der Waals surface area contributed by atoms with Crippen molar-refractivity contribution >= 4 is 18.1 Å². The lowest BCUT2D eigenvalue weighted by molar-refractivity contribution is 0.305. The van der Waals surface area contributed by atoms with Gasteiger partial charge in [0.15, 0.2) is 0 Å². The smallest absolute Gasteiger partial charge is 0.258 e. The van der Waals surface area contributed by atoms with Crippen molar-refractivity contribution in [2.24, 2.45) is 11.7 Å². The minimum Gasteiger partial charge on any atom is -0.328 e. The van der Waals surface area contributed by atoms with Gasteiger partial charge in [-0.05, 0) is 37.9 Å². The van der Waals surface area contributed by atoms with Gasteiger partial charge in [0.1, 0.15) is 5.65 Å². The zero-order valence-corrected chi connectivity index (χ0v) is 12.9. The molecule has 1 fully saturated rings. The van der Waals surface area contributed by atoms with E-state index in [1.165, 1.54) is 0 Å². The van der Waals surface area contributed by atoms with Crippen molar-refractivity contribution in [2.75, 3.05) is 13.1 Å². The highest BCUT2D eigenvalue weighted by molar-refractivity contribution is 5.85. The molecule has 1 saturated heterocycles. The Bertz CT molecular complexity index is 670. The Morgan fingerprint density at radius 2 is 2.29 bits per heavy atom. The van der Waals surface area contributed by atoms with E-state index in [0.717, 1.165) is 31.7 Å². The number of pyridine rings is 1. The summed E-state index contributed by atoms with van der Waals surface area (Å²) in [6.45, 7) is 4.81. The summed E-state index contributed by atoms with van der Waals surface area (Å²) in [5.74, 6) is 0.552. The van der Waals surface area contributed by atoms with Crippen LogP contribution < -0.4 is 11.3 Å². The maximum Gasteiger partial charge on any atom is 0.258 e. The quantitative estimate of drug-likeness (QED) is 0.928. The van der Waals surface area contributed by atoms with Gasteiger partial charge in [-0.3, -0.25) is 14.1 Å². The van der Waals surface area contributed by atoms with E-state index in [1.807, 2.05) is 18.2 Å². The highest BCUT2D eigenvalue weighted by atomic mass is 35.5. The van der Waals surface area contributed by atoms with E-state index in [2.05, 4.69) is 16.8 Å². The molecule has 0 aliphatic carbocycles. The molecule has 0 bridgehead atoms. The van der Waals surface area contributed by atoms with Gasteiger partial charge in [0.25, 0.3) is 5.56 Å². The number of nitrogens with two attached hydrogens (primary N) is 1. The Kier molecular flexibility index (Phi) is 4.98. The van der Waals surface area contributed by atoms with Gasteiger partial charge in [0, 0.05) is 31.4 Å². The predicted octanol–water partition coefficient (Wildman–Crippen LogP) is 1.29. The topological polar surface area (TPSA) is 63.6 Å². The minimum absolute atomic E-state index is 0. The van der Waals surface area contributed by atoms with Crippen molar-refractivity contribution in [1.82, 2.24) is 14.3 Å². The molecule has 0 radical (unpaired) electrons. The monoisotopic (exact) mass is 308 g/mol. The largest absolute Gasteiger partial charge is 0.328 e. The van der Waals surface area contributed by atoms with Crippen LogP contribution in [0.1, 0.15) is 19.0 Å². The SMILES string of the molecule is CC(N)C1CCN(Cc2cc(=O)n3ccccc3n2)C1.Cl. The number of nitrogens with zero attached hydrogens (tertiary/aromatic N) is 3. The molecule has 1 aliphatic rings. The molecule has 2 N–H and O–H groups in total. The van der Waals surface area contributed by atoms with Crippen molar-refractivity contribution in [1.29, 1.82) is 0 Å². The highest BCUT2D eigenvalue weighted by Crippen LogP contribution is 2.19. The van der Waals surface area contributed by atoms with Gasteiger partial charge in [-0.15, -0.1) is 12.4 Å². The molecule has 21 heavy (non-hydrogen) atoms. The number of fused-ring (bicyclic) bond motifs is 1. The third-order valence-corrected chi connectivity index (χ3v) is 4.06. The molecular formula is C15H21ClN4O. The van der Waals surface area contributed by atoms with Crippen LogP contribution in [0.4, 0.5) is 0 Å². The lowest BCUT2D eigenvalue weighted by Gasteiger charge is -2.17. The summed E-state index contributed by atoms with van der Waals surface area (Å²) in [4.78, 5) is 18.9. The summed E-state index contributed by atoms with van der Waals surface area (Å²) in [5, 5.41) is 0. The molecule has 6 heteroatoms. The number of likely N-dealkylation sites (tertiary alicyclic amines) is 1. The normalized spacial score (nSPS) is 20.4. The molecule has 1 aliphatic heterocycles. The van der Waals surface area contributed by atoms with Crippen molar-refractivity contribution in [3.05, 3.63) is 46.5 Å². The average Bonchev–Trinajstić information content (AvgIpc) is 2.87. The number of aromatic nitrogens is 2. The highest BCUT2D eigenvalue weighted by Gasteiger charge is 2.25. The fourth-order valence-electron chi connectivity index (χ4n) is 2.85. The Labute approximate surface area is 130 Å². The van der Waals surface area contributed by atoms with E-state index < -0.39 is 0 Å². The zero-order chi connectivity index (χ0) is 14.1. The lowest BCUT2D eigenvalue weighted by Crippen LogP contribution is -2.30. The molecule has 0 aromatic carbocycles. The van der Waals surface area contributed by atoms with E-state index in [4.69, 9.17) is 5.73 Å². The van der Waals surface area contributed by atoms with Crippen LogP contribution in [0.5, 0.6) is 0 Å². The average molecular weight is 309 g/mol. The summed E-state index contributed by atoms with van der Waals surface area (Å²) in [7, 11) is 0. The van der Waals surface area contributed by atoms with Crippen LogP contribution in [0.15, 0.2) is 35.3 Å². The van der Waals surface area contributed by atoms with Crippen molar-refractivity contribution in [3.8, 4) is 0 Å². The third-order valence-electron chi connectivity index (χ3n) is 4.06. The standard InChI is InChI=1S/C15H20N4O.ClH/c1-11(16)12-5-7-18(9-12)10-13-8-15(20)19-6-3-2-4-14(19)17-13;/h2-4,6,8,11-12H,5,7,9-10,16H2,1H3;1H.